The minimum atomic E-state index is -0.961. The normalized spacial score (nSPS) is 10.7. The summed E-state index contributed by atoms with van der Waals surface area (Å²) in [4.78, 5) is 15.5. The number of hydrogen-bond donors (Lipinski definition) is 1. The molecular formula is C19H17NO3. The van der Waals surface area contributed by atoms with Crippen molar-refractivity contribution in [3.8, 4) is 5.75 Å². The number of aromatic nitrogens is 1. The highest BCUT2D eigenvalue weighted by Crippen LogP contribution is 2.27. The minimum absolute atomic E-state index is 0.222. The Morgan fingerprint density at radius 2 is 1.83 bits per heavy atom. The van der Waals surface area contributed by atoms with Gasteiger partial charge in [0.05, 0.1) is 11.1 Å². The van der Waals surface area contributed by atoms with Gasteiger partial charge in [0.1, 0.15) is 12.4 Å². The summed E-state index contributed by atoms with van der Waals surface area (Å²) in [5, 5.41) is 9.91. The number of ether oxygens (including phenoxy) is 1. The summed E-state index contributed by atoms with van der Waals surface area (Å²) in [5.41, 5.74) is 3.93. The molecule has 0 fully saturated rings. The zero-order valence-corrected chi connectivity index (χ0v) is 13.0. The number of nitrogens with zero attached hydrogens (tertiary/aromatic N) is 1. The lowest BCUT2D eigenvalue weighted by Crippen LogP contribution is -2.00. The molecule has 0 radical (unpaired) electrons. The molecule has 0 unspecified atom stereocenters. The zero-order valence-electron chi connectivity index (χ0n) is 13.0. The number of carbonyl (C=O) groups is 1. The van der Waals surface area contributed by atoms with E-state index in [1.165, 1.54) is 5.56 Å². The lowest BCUT2D eigenvalue weighted by molar-refractivity contribution is 0.0697. The highest BCUT2D eigenvalue weighted by atomic mass is 16.5. The molecule has 3 rings (SSSR count). The van der Waals surface area contributed by atoms with E-state index in [0.29, 0.717) is 17.9 Å². The predicted octanol–water partition coefficient (Wildman–Crippen LogP) is 4.13. The van der Waals surface area contributed by atoms with Gasteiger partial charge in [-0.3, -0.25) is 4.98 Å². The molecule has 0 bridgehead atoms. The summed E-state index contributed by atoms with van der Waals surface area (Å²) in [5.74, 6) is -0.248. The van der Waals surface area contributed by atoms with E-state index in [2.05, 4.69) is 4.98 Å². The predicted molar refractivity (Wildman–Crippen MR) is 89.0 cm³/mol. The molecule has 4 heteroatoms. The maximum absolute atomic E-state index is 11.1. The Bertz CT molecular complexity index is 870. The highest BCUT2D eigenvalue weighted by Gasteiger charge is 2.09. The Morgan fingerprint density at radius 3 is 2.52 bits per heavy atom. The van der Waals surface area contributed by atoms with Crippen molar-refractivity contribution in [2.24, 2.45) is 0 Å². The summed E-state index contributed by atoms with van der Waals surface area (Å²) in [6, 6.07) is 14.9. The molecule has 2 aromatic carbocycles. The fourth-order valence-electron chi connectivity index (χ4n) is 2.42. The molecule has 1 heterocycles. The second kappa shape index (κ2) is 6.08. The number of fused-ring (bicyclic) bond motifs is 1. The van der Waals surface area contributed by atoms with E-state index in [4.69, 9.17) is 9.84 Å². The molecule has 1 aromatic heterocycles. The number of carboxylic acids is 1. The number of carboxylic acid groups (broad SMARTS) is 1. The zero-order chi connectivity index (χ0) is 16.4. The molecule has 0 aliphatic heterocycles. The highest BCUT2D eigenvalue weighted by molar-refractivity contribution is 5.94. The van der Waals surface area contributed by atoms with Crippen molar-refractivity contribution < 1.29 is 14.6 Å². The van der Waals surface area contributed by atoms with E-state index in [1.54, 1.807) is 18.2 Å². The molecule has 0 aliphatic carbocycles. The third kappa shape index (κ3) is 3.31. The number of aryl methyl sites for hydroxylation is 2. The Labute approximate surface area is 134 Å². The Balaban J connectivity index is 1.93. The van der Waals surface area contributed by atoms with Crippen LogP contribution >= 0.6 is 0 Å². The number of hydrogen-bond acceptors (Lipinski definition) is 3. The average molecular weight is 307 g/mol. The molecular weight excluding hydrogens is 290 g/mol. The van der Waals surface area contributed by atoms with E-state index in [9.17, 15) is 4.79 Å². The van der Waals surface area contributed by atoms with Crippen LogP contribution in [0.4, 0.5) is 0 Å². The van der Waals surface area contributed by atoms with Crippen molar-refractivity contribution in [1.29, 1.82) is 0 Å². The van der Waals surface area contributed by atoms with Gasteiger partial charge in [0, 0.05) is 17.1 Å². The van der Waals surface area contributed by atoms with Crippen LogP contribution in [0, 0.1) is 13.8 Å². The van der Waals surface area contributed by atoms with Crippen molar-refractivity contribution in [2.45, 2.75) is 20.5 Å². The van der Waals surface area contributed by atoms with Crippen LogP contribution in [-0.2, 0) is 6.61 Å². The summed E-state index contributed by atoms with van der Waals surface area (Å²) < 4.78 is 5.94. The topological polar surface area (TPSA) is 59.4 Å². The monoisotopic (exact) mass is 307 g/mol. The van der Waals surface area contributed by atoms with E-state index < -0.39 is 5.97 Å². The molecule has 0 aliphatic rings. The lowest BCUT2D eigenvalue weighted by atomic mass is 10.1. The van der Waals surface area contributed by atoms with Crippen LogP contribution in [0.25, 0.3) is 10.9 Å². The third-order valence-corrected chi connectivity index (χ3v) is 3.66. The van der Waals surface area contributed by atoms with Crippen molar-refractivity contribution >= 4 is 16.9 Å². The van der Waals surface area contributed by atoms with E-state index in [1.807, 2.05) is 44.2 Å². The second-order valence-corrected chi connectivity index (χ2v) is 5.57. The molecule has 116 valence electrons. The first kappa shape index (κ1) is 15.0. The smallest absolute Gasteiger partial charge is 0.335 e. The van der Waals surface area contributed by atoms with Crippen molar-refractivity contribution in [2.75, 3.05) is 0 Å². The Morgan fingerprint density at radius 1 is 1.09 bits per heavy atom. The Hall–Kier alpha value is -2.88. The van der Waals surface area contributed by atoms with E-state index >= 15 is 0 Å². The van der Waals surface area contributed by atoms with Gasteiger partial charge in [-0.2, -0.15) is 0 Å². The SMILES string of the molecule is Cc1ccc(COc2cc(C)nc3cc(C(=O)O)ccc23)cc1. The van der Waals surface area contributed by atoms with Gasteiger partial charge in [0.15, 0.2) is 0 Å². The fraction of sp³-hybridized carbons (Fsp3) is 0.158. The van der Waals surface area contributed by atoms with Crippen LogP contribution in [0.5, 0.6) is 5.75 Å². The second-order valence-electron chi connectivity index (χ2n) is 5.57. The minimum Gasteiger partial charge on any atom is -0.488 e. The summed E-state index contributed by atoms with van der Waals surface area (Å²) in [6.45, 7) is 4.37. The molecule has 1 N–H and O–H groups in total. The number of pyridine rings is 1. The van der Waals surface area contributed by atoms with Gasteiger partial charge < -0.3 is 9.84 Å². The first-order valence-electron chi connectivity index (χ1n) is 7.36. The number of aromatic carboxylic acids is 1. The van der Waals surface area contributed by atoms with E-state index in [0.717, 1.165) is 16.6 Å². The maximum atomic E-state index is 11.1. The summed E-state index contributed by atoms with van der Waals surface area (Å²) in [6.07, 6.45) is 0. The van der Waals surface area contributed by atoms with Crippen LogP contribution in [0.15, 0.2) is 48.5 Å². The average Bonchev–Trinajstić information content (AvgIpc) is 2.53. The molecule has 3 aromatic rings. The van der Waals surface area contributed by atoms with Gasteiger partial charge in [0.2, 0.25) is 0 Å². The van der Waals surface area contributed by atoms with Gasteiger partial charge in [-0.1, -0.05) is 29.8 Å². The van der Waals surface area contributed by atoms with Crippen LogP contribution in [0.3, 0.4) is 0 Å². The van der Waals surface area contributed by atoms with Crippen LogP contribution < -0.4 is 4.74 Å². The fourth-order valence-corrected chi connectivity index (χ4v) is 2.42. The molecule has 0 saturated carbocycles. The van der Waals surface area contributed by atoms with Gasteiger partial charge >= 0.3 is 5.97 Å². The van der Waals surface area contributed by atoms with Crippen LogP contribution in [-0.4, -0.2) is 16.1 Å². The Kier molecular flexibility index (Phi) is 3.98. The van der Waals surface area contributed by atoms with Crippen molar-refractivity contribution in [1.82, 2.24) is 4.98 Å². The van der Waals surface area contributed by atoms with Crippen molar-refractivity contribution in [3.05, 3.63) is 70.9 Å². The first-order valence-corrected chi connectivity index (χ1v) is 7.36. The van der Waals surface area contributed by atoms with Crippen LogP contribution in [0.1, 0.15) is 27.2 Å². The third-order valence-electron chi connectivity index (χ3n) is 3.66. The number of benzene rings is 2. The quantitative estimate of drug-likeness (QED) is 0.787. The van der Waals surface area contributed by atoms with Gasteiger partial charge in [-0.05, 0) is 37.6 Å². The van der Waals surface area contributed by atoms with Gasteiger partial charge in [-0.15, -0.1) is 0 Å². The molecule has 4 nitrogen and oxygen atoms in total. The largest absolute Gasteiger partial charge is 0.488 e. The van der Waals surface area contributed by atoms with Gasteiger partial charge in [-0.25, -0.2) is 4.79 Å². The molecule has 0 spiro atoms. The molecule has 0 amide bonds. The molecule has 0 saturated heterocycles. The van der Waals surface area contributed by atoms with Crippen molar-refractivity contribution in [3.63, 3.8) is 0 Å². The molecule has 0 atom stereocenters. The summed E-state index contributed by atoms with van der Waals surface area (Å²) in [7, 11) is 0. The standard InChI is InChI=1S/C19H17NO3/c1-12-3-5-14(6-4-12)11-23-18-9-13(2)20-17-10-15(19(21)22)7-8-16(17)18/h3-10H,11H2,1-2H3,(H,21,22). The lowest BCUT2D eigenvalue weighted by Gasteiger charge is -2.11. The summed E-state index contributed by atoms with van der Waals surface area (Å²) >= 11 is 0. The maximum Gasteiger partial charge on any atom is 0.335 e. The van der Waals surface area contributed by atoms with Gasteiger partial charge in [0.25, 0.3) is 0 Å². The van der Waals surface area contributed by atoms with E-state index in [-0.39, 0.29) is 5.56 Å². The van der Waals surface area contributed by atoms with Crippen LogP contribution in [0.2, 0.25) is 0 Å². The molecule has 23 heavy (non-hydrogen) atoms. The number of rotatable bonds is 4. The first-order chi connectivity index (χ1) is 11.0.